The van der Waals surface area contributed by atoms with E-state index >= 15 is 0 Å². The summed E-state index contributed by atoms with van der Waals surface area (Å²) in [5.41, 5.74) is 0.0949. The monoisotopic (exact) mass is 800 g/mol. The van der Waals surface area contributed by atoms with Crippen LogP contribution in [0.4, 0.5) is 11.4 Å². The number of hydrogen-bond donors (Lipinski definition) is 5. The maximum absolute atomic E-state index is 14.7. The van der Waals surface area contributed by atoms with Crippen LogP contribution in [0.1, 0.15) is 64.0 Å². The number of rotatable bonds is 18. The van der Waals surface area contributed by atoms with E-state index in [2.05, 4.69) is 10.6 Å². The Bertz CT molecular complexity index is 1950. The van der Waals surface area contributed by atoms with Crippen LogP contribution in [0.3, 0.4) is 0 Å². The summed E-state index contributed by atoms with van der Waals surface area (Å²) in [5.74, 6) is -4.39. The summed E-state index contributed by atoms with van der Waals surface area (Å²) < 4.78 is 29.7. The number of aromatic hydroxyl groups is 1. The van der Waals surface area contributed by atoms with Crippen LogP contribution >= 0.6 is 23.5 Å². The Labute approximate surface area is 323 Å². The second kappa shape index (κ2) is 18.7. The Hall–Kier alpha value is -4.54. The summed E-state index contributed by atoms with van der Waals surface area (Å²) >= 11 is 1.62. The first-order valence-electron chi connectivity index (χ1n) is 17.4. The van der Waals surface area contributed by atoms with Crippen molar-refractivity contribution in [3.8, 4) is 11.5 Å². The number of nitrogens with one attached hydrogen (secondary N) is 2. The second-order valence-electron chi connectivity index (χ2n) is 13.0. The average Bonchev–Trinajstić information content (AvgIpc) is 3.21. The van der Waals surface area contributed by atoms with Crippen molar-refractivity contribution in [2.45, 2.75) is 74.2 Å². The molecule has 1 heterocycles. The number of anilines is 2. The van der Waals surface area contributed by atoms with Gasteiger partial charge in [0.2, 0.25) is 11.8 Å². The molecule has 0 saturated carbocycles. The number of carbonyl (C=O) groups excluding carboxylic acids is 4. The third kappa shape index (κ3) is 10.4. The molecular formula is C38H46N3O10S3. The van der Waals surface area contributed by atoms with Gasteiger partial charge >= 0.3 is 5.97 Å². The molecule has 3 aromatic rings. The molecule has 4 N–H and O–H groups in total. The van der Waals surface area contributed by atoms with Crippen LogP contribution in [-0.2, 0) is 33.8 Å². The lowest BCUT2D eigenvalue weighted by Gasteiger charge is -2.34. The molecule has 0 aliphatic carbocycles. The van der Waals surface area contributed by atoms with E-state index in [0.29, 0.717) is 58.6 Å². The van der Waals surface area contributed by atoms with Crippen molar-refractivity contribution < 1.29 is 47.3 Å². The SMILES string of the molecule is CCCCC1(CCCC)C(=O)[SH]c2cc(OCC(=O)N[C@@H](C(=O)N[C@H](CS(C)(=O)=O)C(=O)O)c3ccc(O)cc3)c(SC)cc2N(c2ccccc2)C1=O. The van der Waals surface area contributed by atoms with Gasteiger partial charge in [-0.3, -0.25) is 24.1 Å². The van der Waals surface area contributed by atoms with Crippen LogP contribution in [0, 0.1) is 5.41 Å². The minimum Gasteiger partial charge on any atom is -0.508 e. The molecule has 291 valence electrons. The highest BCUT2D eigenvalue weighted by Crippen LogP contribution is 2.51. The molecule has 4 rings (SSSR count). The number of hydrogen-bond acceptors (Lipinski definition) is 10. The lowest BCUT2D eigenvalue weighted by Crippen LogP contribution is -2.50. The second-order valence-corrected chi connectivity index (χ2v) is 17.2. The minimum absolute atomic E-state index is 0.126. The van der Waals surface area contributed by atoms with E-state index in [9.17, 15) is 42.6 Å². The quantitative estimate of drug-likeness (QED) is 0.0631. The topological polar surface area (TPSA) is 196 Å². The van der Waals surface area contributed by atoms with Gasteiger partial charge in [-0.15, -0.1) is 23.5 Å². The van der Waals surface area contributed by atoms with Crippen LogP contribution < -0.4 is 20.3 Å². The van der Waals surface area contributed by atoms with E-state index in [1.807, 2.05) is 44.2 Å². The molecule has 2 atom stereocenters. The summed E-state index contributed by atoms with van der Waals surface area (Å²) in [4.78, 5) is 70.3. The number of thiol groups is 1. The Balaban J connectivity index is 1.67. The number of phenolic OH excluding ortho intramolecular Hbond substituents is 1. The number of carbonyl (C=O) groups is 5. The van der Waals surface area contributed by atoms with E-state index in [1.165, 1.54) is 36.0 Å². The molecule has 0 bridgehead atoms. The van der Waals surface area contributed by atoms with Gasteiger partial charge < -0.3 is 25.6 Å². The van der Waals surface area contributed by atoms with Crippen molar-refractivity contribution >= 4 is 73.5 Å². The predicted molar refractivity (Wildman–Crippen MR) is 209 cm³/mol. The summed E-state index contributed by atoms with van der Waals surface area (Å²) in [6.45, 7) is 3.44. The predicted octanol–water partition coefficient (Wildman–Crippen LogP) is 5.36. The number of benzene rings is 3. The van der Waals surface area contributed by atoms with Crippen molar-refractivity contribution in [2.75, 3.05) is 29.8 Å². The number of nitrogens with zero attached hydrogens (tertiary/aromatic N) is 1. The van der Waals surface area contributed by atoms with Crippen LogP contribution in [0.15, 0.2) is 76.5 Å². The zero-order valence-corrected chi connectivity index (χ0v) is 33.1. The Morgan fingerprint density at radius 1 is 0.963 bits per heavy atom. The van der Waals surface area contributed by atoms with Gasteiger partial charge in [-0.1, -0.05) is 69.9 Å². The molecule has 0 unspecified atom stereocenters. The highest BCUT2D eigenvalue weighted by atomic mass is 32.2. The molecule has 3 aromatic carbocycles. The number of carboxylic acids is 1. The van der Waals surface area contributed by atoms with Gasteiger partial charge in [0.25, 0.3) is 5.91 Å². The Kier molecular flexibility index (Phi) is 14.6. The average molecular weight is 801 g/mol. The number of carboxylic acid groups (broad SMARTS) is 1. The van der Waals surface area contributed by atoms with Gasteiger partial charge in [-0.2, -0.15) is 0 Å². The molecule has 54 heavy (non-hydrogen) atoms. The number of para-hydroxylation sites is 1. The summed E-state index contributed by atoms with van der Waals surface area (Å²) in [5, 5.41) is 23.8. The number of amides is 3. The first kappa shape index (κ1) is 42.2. The fraction of sp³-hybridized carbons (Fsp3) is 0.395. The summed E-state index contributed by atoms with van der Waals surface area (Å²) in [7, 11) is -3.81. The minimum atomic E-state index is -3.81. The van der Waals surface area contributed by atoms with E-state index in [-0.39, 0.29) is 28.1 Å². The first-order valence-corrected chi connectivity index (χ1v) is 21.6. The van der Waals surface area contributed by atoms with E-state index < -0.39 is 57.5 Å². The normalized spacial score (nSPS) is 15.1. The fourth-order valence-electron chi connectivity index (χ4n) is 6.10. The standard InChI is InChI=1S/C38H46N3O10S3/c1-5-7-18-38(19-8-6-2)36(47)41(25-12-10-9-11-13-25)28-20-31(52-3)29(21-30(28)53-37(38)48)51-22-32(43)40-33(24-14-16-26(42)17-15-24)34(44)39-27(35(45)46)23-54(4,49)50/h9-17,20-21,27,33,42,53H,5-8,18-19,22-23H2,1-4H3,(H,39,44)(H,40,43)(H,45,46)/t27-,33-/m1/s1. The molecule has 0 spiro atoms. The summed E-state index contributed by atoms with van der Waals surface area (Å²) in [6, 6.07) is 14.5. The first-order chi connectivity index (χ1) is 25.6. The lowest BCUT2D eigenvalue weighted by atomic mass is 9.77. The largest absolute Gasteiger partial charge is 0.508 e. The van der Waals surface area contributed by atoms with Crippen LogP contribution in [0.2, 0.25) is 0 Å². The third-order valence-electron chi connectivity index (χ3n) is 8.91. The molecule has 13 nitrogen and oxygen atoms in total. The number of sulfone groups is 1. The Morgan fingerprint density at radius 3 is 2.15 bits per heavy atom. The van der Waals surface area contributed by atoms with Crippen molar-refractivity contribution in [2.24, 2.45) is 5.41 Å². The lowest BCUT2D eigenvalue weighted by molar-refractivity contribution is -0.141. The van der Waals surface area contributed by atoms with Crippen molar-refractivity contribution in [3.63, 3.8) is 0 Å². The highest BCUT2D eigenvalue weighted by molar-refractivity contribution is 8.14. The summed E-state index contributed by atoms with van der Waals surface area (Å²) in [6.07, 6.45) is 6.51. The zero-order chi connectivity index (χ0) is 39.6. The molecule has 1 aliphatic rings. The van der Waals surface area contributed by atoms with Gasteiger partial charge in [-0.25, -0.2) is 13.2 Å². The number of thioether (sulfide) groups is 1. The molecule has 3 amide bonds. The van der Waals surface area contributed by atoms with Crippen LogP contribution in [0.25, 0.3) is 0 Å². The van der Waals surface area contributed by atoms with Crippen molar-refractivity contribution in [1.29, 1.82) is 0 Å². The maximum atomic E-state index is 14.7. The van der Waals surface area contributed by atoms with Gasteiger partial charge in [0.1, 0.15) is 38.8 Å². The molecule has 0 fully saturated rings. The van der Waals surface area contributed by atoms with Gasteiger partial charge in [0.05, 0.1) is 16.3 Å². The van der Waals surface area contributed by atoms with Crippen LogP contribution in [0.5, 0.6) is 11.5 Å². The number of aliphatic carboxylic acids is 1. The van der Waals surface area contributed by atoms with Crippen molar-refractivity contribution in [1.82, 2.24) is 10.6 Å². The highest BCUT2D eigenvalue weighted by Gasteiger charge is 2.50. The van der Waals surface area contributed by atoms with Gasteiger partial charge in [0, 0.05) is 16.8 Å². The zero-order valence-electron chi connectivity index (χ0n) is 30.5. The molecule has 16 heteroatoms. The van der Waals surface area contributed by atoms with E-state index in [0.717, 1.165) is 19.1 Å². The van der Waals surface area contributed by atoms with Gasteiger partial charge in [0.15, 0.2) is 11.7 Å². The number of unbranched alkanes of at least 4 members (excludes halogenated alkanes) is 2. The maximum Gasteiger partial charge on any atom is 0.327 e. The van der Waals surface area contributed by atoms with E-state index in [1.54, 1.807) is 23.3 Å². The number of fused-ring (bicyclic) bond motifs is 1. The Morgan fingerprint density at radius 2 is 1.59 bits per heavy atom. The molecule has 0 aromatic heterocycles. The van der Waals surface area contributed by atoms with Gasteiger partial charge in [-0.05, 0) is 61.1 Å². The number of ether oxygens (including phenoxy) is 1. The van der Waals surface area contributed by atoms with E-state index in [4.69, 9.17) is 4.74 Å². The molecule has 1 radical (unpaired) electrons. The molecular weight excluding hydrogens is 755 g/mol. The molecule has 0 saturated heterocycles. The smallest absolute Gasteiger partial charge is 0.327 e. The molecule has 1 aliphatic heterocycles. The number of phenols is 1. The fourth-order valence-corrected chi connectivity index (χ4v) is 8.69. The third-order valence-corrected chi connectivity index (χ3v) is 11.8. The van der Waals surface area contributed by atoms with Crippen molar-refractivity contribution in [3.05, 3.63) is 72.3 Å². The van der Waals surface area contributed by atoms with Crippen LogP contribution in [-0.4, -0.2) is 78.4 Å².